The van der Waals surface area contributed by atoms with E-state index in [1.807, 2.05) is 20.8 Å². The van der Waals surface area contributed by atoms with Crippen molar-refractivity contribution in [2.75, 3.05) is 30.7 Å². The van der Waals surface area contributed by atoms with Crippen LogP contribution < -0.4 is 15.8 Å². The highest BCUT2D eigenvalue weighted by Gasteiger charge is 2.28. The van der Waals surface area contributed by atoms with E-state index in [2.05, 4.69) is 15.0 Å². The molecule has 228 valence electrons. The maximum absolute atomic E-state index is 14.1. The van der Waals surface area contributed by atoms with E-state index in [0.29, 0.717) is 31.6 Å². The van der Waals surface area contributed by atoms with Gasteiger partial charge in [-0.15, -0.1) is 0 Å². The zero-order valence-corrected chi connectivity index (χ0v) is 24.4. The summed E-state index contributed by atoms with van der Waals surface area (Å²) in [5.74, 6) is -3.05. The fourth-order valence-electron chi connectivity index (χ4n) is 4.17. The summed E-state index contributed by atoms with van der Waals surface area (Å²) in [7, 11) is -3.79. The number of ketones is 1. The summed E-state index contributed by atoms with van der Waals surface area (Å²) < 4.78 is 61.8. The molecule has 3 aromatic rings. The van der Waals surface area contributed by atoms with Crippen LogP contribution in [0.15, 0.2) is 47.4 Å². The van der Waals surface area contributed by atoms with Crippen LogP contribution in [0, 0.1) is 17.6 Å². The van der Waals surface area contributed by atoms with E-state index >= 15 is 0 Å². The number of nitrogen functional groups attached to an aromatic ring is 1. The maximum Gasteiger partial charge on any atom is 0.410 e. The fourth-order valence-corrected chi connectivity index (χ4v) is 6.14. The Labute approximate surface area is 248 Å². The van der Waals surface area contributed by atoms with E-state index in [1.54, 1.807) is 4.90 Å². The zero-order valence-electron chi connectivity index (χ0n) is 22.7. The summed E-state index contributed by atoms with van der Waals surface area (Å²) in [6, 6.07) is 8.97. The molecule has 0 saturated carbocycles. The Morgan fingerprint density at radius 3 is 2.26 bits per heavy atom. The quantitative estimate of drug-likeness (QED) is 0.278. The molecule has 1 aromatic heterocycles. The van der Waals surface area contributed by atoms with Crippen molar-refractivity contribution in [3.63, 3.8) is 0 Å². The Hall–Kier alpha value is -3.62. The highest BCUT2D eigenvalue weighted by molar-refractivity contribution is 7.89. The average molecular weight is 624 g/mol. The van der Waals surface area contributed by atoms with E-state index in [4.69, 9.17) is 10.5 Å². The first-order valence-corrected chi connectivity index (χ1v) is 15.1. The van der Waals surface area contributed by atoms with Gasteiger partial charge < -0.3 is 20.7 Å². The number of halogens is 2. The number of anilines is 3. The lowest BCUT2D eigenvalue weighted by Crippen LogP contribution is -2.43. The number of ether oxygens (including phenoxy) is 1. The Bertz CT molecular complexity index is 1510. The standard InChI is InChI=1S/C27H31F2N5O5S2.CH4/c1-27(2,3)39-26(36)34-13-11-16(12-14-34)15-31-41(37,38)18-9-7-17(8-10-18)32-25-33-24(30)23(40-25)22(35)21-19(28)5-4-6-20(21)29;/h4-10,16,31H,11-15,30H2,1-3H3,(H,32,33);1H4. The molecule has 1 fully saturated rings. The molecule has 0 atom stereocenters. The largest absolute Gasteiger partial charge is 0.444 e. The smallest absolute Gasteiger partial charge is 0.410 e. The van der Waals surface area contributed by atoms with Gasteiger partial charge in [-0.05, 0) is 75.9 Å². The molecule has 1 aliphatic rings. The van der Waals surface area contributed by atoms with Gasteiger partial charge >= 0.3 is 6.09 Å². The topological polar surface area (TPSA) is 144 Å². The third kappa shape index (κ3) is 8.01. The van der Waals surface area contributed by atoms with Gasteiger partial charge in [-0.3, -0.25) is 4.79 Å². The van der Waals surface area contributed by atoms with Gasteiger partial charge in [0.05, 0.1) is 10.5 Å². The molecule has 42 heavy (non-hydrogen) atoms. The molecule has 0 bridgehead atoms. The second-order valence-electron chi connectivity index (χ2n) is 10.6. The molecular formula is C28H35F2N5O5S2. The van der Waals surface area contributed by atoms with Crippen LogP contribution in [0.2, 0.25) is 0 Å². The molecule has 0 spiro atoms. The van der Waals surface area contributed by atoms with Gasteiger partial charge in [-0.1, -0.05) is 24.8 Å². The minimum Gasteiger partial charge on any atom is -0.444 e. The lowest BCUT2D eigenvalue weighted by molar-refractivity contribution is 0.0185. The molecule has 2 aromatic carbocycles. The Morgan fingerprint density at radius 1 is 1.10 bits per heavy atom. The van der Waals surface area contributed by atoms with Crippen LogP contribution >= 0.6 is 11.3 Å². The van der Waals surface area contributed by atoms with Crippen LogP contribution in [-0.2, 0) is 14.8 Å². The van der Waals surface area contributed by atoms with E-state index < -0.39 is 38.6 Å². The van der Waals surface area contributed by atoms with Gasteiger partial charge in [0.25, 0.3) is 0 Å². The molecule has 10 nitrogen and oxygen atoms in total. The maximum atomic E-state index is 14.1. The average Bonchev–Trinajstić information content (AvgIpc) is 3.26. The van der Waals surface area contributed by atoms with Gasteiger partial charge in [-0.2, -0.15) is 0 Å². The van der Waals surface area contributed by atoms with Crippen LogP contribution in [0.25, 0.3) is 0 Å². The highest BCUT2D eigenvalue weighted by atomic mass is 32.2. The number of hydrogen-bond donors (Lipinski definition) is 3. The normalized spacial score (nSPS) is 14.3. The van der Waals surface area contributed by atoms with Gasteiger partial charge in [-0.25, -0.2) is 31.7 Å². The van der Waals surface area contributed by atoms with Gasteiger partial charge in [0, 0.05) is 25.3 Å². The Balaban J connectivity index is 0.00000484. The first-order chi connectivity index (χ1) is 19.2. The van der Waals surface area contributed by atoms with Crippen LogP contribution in [-0.4, -0.2) is 55.4 Å². The van der Waals surface area contributed by atoms with E-state index in [9.17, 15) is 26.8 Å². The zero-order chi connectivity index (χ0) is 29.9. The lowest BCUT2D eigenvalue weighted by Gasteiger charge is -2.33. The number of amides is 1. The summed E-state index contributed by atoms with van der Waals surface area (Å²) in [5, 5.41) is 3.11. The second-order valence-corrected chi connectivity index (χ2v) is 13.3. The van der Waals surface area contributed by atoms with Crippen molar-refractivity contribution in [3.8, 4) is 0 Å². The number of rotatable bonds is 8. The van der Waals surface area contributed by atoms with Crippen molar-refractivity contribution < 1.29 is 31.5 Å². The van der Waals surface area contributed by atoms with Crippen LogP contribution in [0.3, 0.4) is 0 Å². The molecule has 0 unspecified atom stereocenters. The number of benzene rings is 2. The number of piperidine rings is 1. The Morgan fingerprint density at radius 2 is 1.69 bits per heavy atom. The molecule has 4 rings (SSSR count). The van der Waals surface area contributed by atoms with Crippen LogP contribution in [0.4, 0.5) is 30.2 Å². The number of nitrogens with one attached hydrogen (secondary N) is 2. The number of nitrogens with zero attached hydrogens (tertiary/aromatic N) is 2. The van der Waals surface area contributed by atoms with Crippen molar-refractivity contribution in [3.05, 3.63) is 64.5 Å². The number of nitrogens with two attached hydrogens (primary N) is 1. The first-order valence-electron chi connectivity index (χ1n) is 12.8. The SMILES string of the molecule is C.CC(C)(C)OC(=O)N1CCC(CNS(=O)(=O)c2ccc(Nc3nc(N)c(C(=O)c4c(F)cccc4F)s3)cc2)CC1. The number of carbonyl (C=O) groups is 2. The highest BCUT2D eigenvalue weighted by Crippen LogP contribution is 2.31. The van der Waals surface area contributed by atoms with Crippen molar-refractivity contribution in [1.82, 2.24) is 14.6 Å². The minimum absolute atomic E-state index is 0. The third-order valence-corrected chi connectivity index (χ3v) is 8.72. The Kier molecular flexibility index (Phi) is 10.3. The van der Waals surface area contributed by atoms with Gasteiger partial charge in [0.1, 0.15) is 27.9 Å². The fraction of sp³-hybridized carbons (Fsp3) is 0.393. The molecule has 14 heteroatoms. The number of aromatic nitrogens is 1. The van der Waals surface area contributed by atoms with E-state index in [0.717, 1.165) is 29.5 Å². The molecule has 1 aliphatic heterocycles. The molecular weight excluding hydrogens is 588 g/mol. The van der Waals surface area contributed by atoms with Crippen LogP contribution in [0.5, 0.6) is 0 Å². The predicted molar refractivity (Wildman–Crippen MR) is 158 cm³/mol. The number of likely N-dealkylation sites (tertiary alicyclic amines) is 1. The molecule has 1 saturated heterocycles. The number of hydrogen-bond acceptors (Lipinski definition) is 9. The van der Waals surface area contributed by atoms with Gasteiger partial charge in [0.15, 0.2) is 5.13 Å². The van der Waals surface area contributed by atoms with E-state index in [-0.39, 0.29) is 46.7 Å². The summed E-state index contributed by atoms with van der Waals surface area (Å²) in [6.45, 7) is 6.64. The van der Waals surface area contributed by atoms with Gasteiger partial charge in [0.2, 0.25) is 15.8 Å². The predicted octanol–water partition coefficient (Wildman–Crippen LogP) is 5.54. The monoisotopic (exact) mass is 623 g/mol. The number of sulfonamides is 1. The summed E-state index contributed by atoms with van der Waals surface area (Å²) >= 11 is 0.820. The molecule has 1 amide bonds. The third-order valence-electron chi connectivity index (χ3n) is 6.29. The number of thiazole rings is 1. The molecule has 2 heterocycles. The minimum atomic E-state index is -3.79. The molecule has 0 radical (unpaired) electrons. The molecule has 0 aliphatic carbocycles. The second kappa shape index (κ2) is 13.1. The van der Waals surface area contributed by atoms with Crippen LogP contribution in [0.1, 0.15) is 56.3 Å². The summed E-state index contributed by atoms with van der Waals surface area (Å²) in [5.41, 5.74) is 5.00. The van der Waals surface area contributed by atoms with E-state index in [1.165, 1.54) is 24.3 Å². The lowest BCUT2D eigenvalue weighted by atomic mass is 9.97. The van der Waals surface area contributed by atoms with Crippen molar-refractivity contribution in [2.24, 2.45) is 5.92 Å². The first kappa shape index (κ1) is 32.9. The number of carbonyl (C=O) groups excluding carboxylic acids is 2. The summed E-state index contributed by atoms with van der Waals surface area (Å²) in [6.07, 6.45) is 0.929. The van der Waals surface area contributed by atoms with Crippen molar-refractivity contribution >= 4 is 49.9 Å². The van der Waals surface area contributed by atoms with Crippen molar-refractivity contribution in [2.45, 2.75) is 51.5 Å². The summed E-state index contributed by atoms with van der Waals surface area (Å²) in [4.78, 5) is 30.5. The molecule has 4 N–H and O–H groups in total. The van der Waals surface area contributed by atoms with Crippen molar-refractivity contribution in [1.29, 1.82) is 0 Å².